The molecule has 0 spiro atoms. The van der Waals surface area contributed by atoms with Crippen molar-refractivity contribution < 1.29 is 18.3 Å². The highest BCUT2D eigenvalue weighted by atomic mass is 32.2. The Labute approximate surface area is 125 Å². The van der Waals surface area contributed by atoms with Crippen molar-refractivity contribution >= 4 is 10.2 Å². The van der Waals surface area contributed by atoms with Gasteiger partial charge in [-0.1, -0.05) is 30.3 Å². The lowest BCUT2D eigenvalue weighted by Crippen LogP contribution is -2.39. The van der Waals surface area contributed by atoms with E-state index in [1.54, 1.807) is 0 Å². The standard InChI is InChI=1S/C14H22N2O4S/c1-11(2)20-14-10-16(9-13(14)17)21(18,19)15-8-12-6-4-3-5-7-12/h3-7,11,13-15,17H,8-10H2,1-2H3/t13-,14-/m1/s1. The molecule has 0 aromatic heterocycles. The molecular formula is C14H22N2O4S. The third-order valence-electron chi connectivity index (χ3n) is 3.29. The van der Waals surface area contributed by atoms with Gasteiger partial charge in [0, 0.05) is 19.6 Å². The van der Waals surface area contributed by atoms with Crippen molar-refractivity contribution in [2.45, 2.75) is 38.7 Å². The Hall–Kier alpha value is -0.990. The zero-order valence-corrected chi connectivity index (χ0v) is 13.1. The van der Waals surface area contributed by atoms with Crippen LogP contribution in [0.15, 0.2) is 30.3 Å². The highest BCUT2D eigenvalue weighted by molar-refractivity contribution is 7.87. The molecule has 0 aliphatic carbocycles. The van der Waals surface area contributed by atoms with Gasteiger partial charge < -0.3 is 9.84 Å². The van der Waals surface area contributed by atoms with E-state index in [0.717, 1.165) is 5.56 Å². The van der Waals surface area contributed by atoms with Crippen molar-refractivity contribution in [1.82, 2.24) is 9.03 Å². The Morgan fingerprint density at radius 3 is 2.62 bits per heavy atom. The van der Waals surface area contributed by atoms with E-state index in [0.29, 0.717) is 0 Å². The van der Waals surface area contributed by atoms with Crippen LogP contribution in [0.2, 0.25) is 0 Å². The molecule has 0 unspecified atom stereocenters. The molecule has 0 radical (unpaired) electrons. The number of aliphatic hydroxyl groups is 1. The summed E-state index contributed by atoms with van der Waals surface area (Å²) in [6.07, 6.45) is -1.32. The van der Waals surface area contributed by atoms with E-state index in [1.165, 1.54) is 4.31 Å². The fourth-order valence-electron chi connectivity index (χ4n) is 2.26. The zero-order chi connectivity index (χ0) is 15.5. The number of nitrogens with zero attached hydrogens (tertiary/aromatic N) is 1. The molecule has 1 aliphatic heterocycles. The summed E-state index contributed by atoms with van der Waals surface area (Å²) >= 11 is 0. The average molecular weight is 314 g/mol. The van der Waals surface area contributed by atoms with Gasteiger partial charge in [0.05, 0.1) is 18.3 Å². The average Bonchev–Trinajstić information content (AvgIpc) is 2.79. The van der Waals surface area contributed by atoms with Gasteiger partial charge in [0.1, 0.15) is 0 Å². The van der Waals surface area contributed by atoms with E-state index in [4.69, 9.17) is 4.74 Å². The maximum absolute atomic E-state index is 12.2. The normalized spacial score (nSPS) is 23.8. The van der Waals surface area contributed by atoms with Crippen molar-refractivity contribution in [1.29, 1.82) is 0 Å². The summed E-state index contributed by atoms with van der Waals surface area (Å²) in [5.41, 5.74) is 0.885. The first-order valence-electron chi connectivity index (χ1n) is 7.00. The third-order valence-corrected chi connectivity index (χ3v) is 4.78. The fraction of sp³-hybridized carbons (Fsp3) is 0.571. The summed E-state index contributed by atoms with van der Waals surface area (Å²) < 4.78 is 33.8. The van der Waals surface area contributed by atoms with Gasteiger partial charge >= 0.3 is 0 Å². The highest BCUT2D eigenvalue weighted by Crippen LogP contribution is 2.18. The van der Waals surface area contributed by atoms with Gasteiger partial charge in [0.2, 0.25) is 0 Å². The molecule has 1 saturated heterocycles. The number of aliphatic hydroxyl groups excluding tert-OH is 1. The number of hydrogen-bond donors (Lipinski definition) is 2. The van der Waals surface area contributed by atoms with Crippen molar-refractivity contribution in [3.8, 4) is 0 Å². The number of benzene rings is 1. The quantitative estimate of drug-likeness (QED) is 0.801. The molecule has 118 valence electrons. The van der Waals surface area contributed by atoms with Crippen molar-refractivity contribution in [3.63, 3.8) is 0 Å². The minimum Gasteiger partial charge on any atom is -0.389 e. The summed E-state index contributed by atoms with van der Waals surface area (Å²) in [7, 11) is -3.62. The van der Waals surface area contributed by atoms with Crippen LogP contribution in [-0.4, -0.2) is 49.2 Å². The van der Waals surface area contributed by atoms with Gasteiger partial charge in [-0.05, 0) is 19.4 Å². The lowest BCUT2D eigenvalue weighted by molar-refractivity contribution is -0.0391. The molecule has 7 heteroatoms. The molecule has 0 amide bonds. The number of ether oxygens (including phenoxy) is 1. The van der Waals surface area contributed by atoms with Gasteiger partial charge in [-0.15, -0.1) is 0 Å². The van der Waals surface area contributed by atoms with Crippen LogP contribution in [0.4, 0.5) is 0 Å². The Kier molecular flexibility index (Phi) is 5.34. The van der Waals surface area contributed by atoms with E-state index < -0.39 is 22.4 Å². The summed E-state index contributed by atoms with van der Waals surface area (Å²) in [5, 5.41) is 9.90. The van der Waals surface area contributed by atoms with Crippen LogP contribution < -0.4 is 4.72 Å². The smallest absolute Gasteiger partial charge is 0.279 e. The molecule has 0 saturated carbocycles. The van der Waals surface area contributed by atoms with Gasteiger partial charge in [-0.3, -0.25) is 0 Å². The van der Waals surface area contributed by atoms with Gasteiger partial charge in [-0.25, -0.2) is 0 Å². The van der Waals surface area contributed by atoms with Crippen LogP contribution >= 0.6 is 0 Å². The van der Waals surface area contributed by atoms with E-state index in [1.807, 2.05) is 44.2 Å². The monoisotopic (exact) mass is 314 g/mol. The third kappa shape index (κ3) is 4.49. The van der Waals surface area contributed by atoms with Crippen LogP contribution in [0.1, 0.15) is 19.4 Å². The molecule has 0 bridgehead atoms. The number of β-amino-alcohol motifs (C(OH)–C–C–N with tert-alkyl or cyclic N) is 1. The molecule has 1 aromatic rings. The molecule has 2 rings (SSSR count). The molecule has 6 nitrogen and oxygen atoms in total. The van der Waals surface area contributed by atoms with Gasteiger partial charge in [0.25, 0.3) is 10.2 Å². The highest BCUT2D eigenvalue weighted by Gasteiger charge is 2.38. The second-order valence-electron chi connectivity index (χ2n) is 5.42. The predicted octanol–water partition coefficient (Wildman–Crippen LogP) is 0.491. The second-order valence-corrected chi connectivity index (χ2v) is 7.17. The molecule has 1 heterocycles. The minimum atomic E-state index is -3.62. The van der Waals surface area contributed by atoms with Crippen LogP contribution in [0, 0.1) is 0 Å². The first-order valence-corrected chi connectivity index (χ1v) is 8.44. The lowest BCUT2D eigenvalue weighted by Gasteiger charge is -2.18. The van der Waals surface area contributed by atoms with Gasteiger partial charge in [0.15, 0.2) is 0 Å². The summed E-state index contributed by atoms with van der Waals surface area (Å²) in [6.45, 7) is 4.17. The van der Waals surface area contributed by atoms with Crippen LogP contribution in [-0.2, 0) is 21.5 Å². The molecule has 1 aliphatic rings. The number of nitrogens with one attached hydrogen (secondary N) is 1. The summed E-state index contributed by atoms with van der Waals surface area (Å²) in [4.78, 5) is 0. The van der Waals surface area contributed by atoms with Crippen LogP contribution in [0.5, 0.6) is 0 Å². The Morgan fingerprint density at radius 2 is 2.00 bits per heavy atom. The van der Waals surface area contributed by atoms with Crippen molar-refractivity contribution in [2.75, 3.05) is 13.1 Å². The van der Waals surface area contributed by atoms with E-state index >= 15 is 0 Å². The molecular weight excluding hydrogens is 292 g/mol. The summed E-state index contributed by atoms with van der Waals surface area (Å²) in [5.74, 6) is 0. The maximum atomic E-state index is 12.2. The molecule has 2 N–H and O–H groups in total. The molecule has 2 atom stereocenters. The maximum Gasteiger partial charge on any atom is 0.279 e. The van der Waals surface area contributed by atoms with E-state index in [9.17, 15) is 13.5 Å². The van der Waals surface area contributed by atoms with Gasteiger partial charge in [-0.2, -0.15) is 17.4 Å². The lowest BCUT2D eigenvalue weighted by atomic mass is 10.2. The zero-order valence-electron chi connectivity index (χ0n) is 12.3. The Bertz CT molecular complexity index is 547. The topological polar surface area (TPSA) is 78.9 Å². The number of hydrogen-bond acceptors (Lipinski definition) is 4. The SMILES string of the molecule is CC(C)O[C@@H]1CN(S(=O)(=O)NCc2ccccc2)C[C@H]1O. The number of rotatable bonds is 6. The molecule has 1 aromatic carbocycles. The minimum absolute atomic E-state index is 0.0513. The van der Waals surface area contributed by atoms with Crippen LogP contribution in [0.25, 0.3) is 0 Å². The van der Waals surface area contributed by atoms with Crippen molar-refractivity contribution in [3.05, 3.63) is 35.9 Å². The summed E-state index contributed by atoms with van der Waals surface area (Å²) in [6, 6.07) is 9.30. The Morgan fingerprint density at radius 1 is 1.33 bits per heavy atom. The second kappa shape index (κ2) is 6.85. The van der Waals surface area contributed by atoms with E-state index in [-0.39, 0.29) is 25.7 Å². The predicted molar refractivity (Wildman–Crippen MR) is 79.8 cm³/mol. The van der Waals surface area contributed by atoms with E-state index in [2.05, 4.69) is 4.72 Å². The molecule has 1 fully saturated rings. The largest absolute Gasteiger partial charge is 0.389 e. The molecule has 21 heavy (non-hydrogen) atoms. The fourth-order valence-corrected chi connectivity index (χ4v) is 3.49. The first-order chi connectivity index (χ1) is 9.88. The van der Waals surface area contributed by atoms with Crippen LogP contribution in [0.3, 0.4) is 0 Å². The first kappa shape index (κ1) is 16.4. The van der Waals surface area contributed by atoms with Crippen molar-refractivity contribution in [2.24, 2.45) is 0 Å². The Balaban J connectivity index is 1.94.